The molecule has 5 heteroatoms. The van der Waals surface area contributed by atoms with Crippen LogP contribution in [-0.4, -0.2) is 48.0 Å². The summed E-state index contributed by atoms with van der Waals surface area (Å²) in [5.41, 5.74) is 1.43. The Bertz CT molecular complexity index is 639. The number of ether oxygens (including phenoxy) is 1. The number of hydrogen-bond donors (Lipinski definition) is 0. The van der Waals surface area contributed by atoms with E-state index in [4.69, 9.17) is 4.74 Å². The lowest BCUT2D eigenvalue weighted by Gasteiger charge is -2.32. The van der Waals surface area contributed by atoms with Gasteiger partial charge in [0.15, 0.2) is 5.06 Å². The molecule has 4 nitrogen and oxygen atoms in total. The van der Waals surface area contributed by atoms with Crippen LogP contribution in [0.2, 0.25) is 0 Å². The minimum atomic E-state index is 0.0471. The highest BCUT2D eigenvalue weighted by Gasteiger charge is 2.27. The standard InChI is InChI=1S/C22H36N2O2S/c1-16(2)14-23-9-7-18(8-10-23)26-21-12-17-6-11-24(15-19(17)27-21)20(25)13-22(3,4)5/h12,16,18H,6-11,13-15H2,1-5H3. The third kappa shape index (κ3) is 5.95. The van der Waals surface area contributed by atoms with Crippen molar-refractivity contribution >= 4 is 17.2 Å². The van der Waals surface area contributed by atoms with Crippen molar-refractivity contribution < 1.29 is 9.53 Å². The first-order valence-corrected chi connectivity index (χ1v) is 11.3. The molecule has 0 unspecified atom stereocenters. The molecular weight excluding hydrogens is 356 g/mol. The average Bonchev–Trinajstić information content (AvgIpc) is 2.96. The molecule has 0 aromatic carbocycles. The van der Waals surface area contributed by atoms with Crippen molar-refractivity contribution in [3.8, 4) is 5.06 Å². The molecule has 1 aromatic rings. The molecule has 1 fully saturated rings. The van der Waals surface area contributed by atoms with Gasteiger partial charge in [-0.15, -0.1) is 11.3 Å². The van der Waals surface area contributed by atoms with Crippen molar-refractivity contribution in [3.05, 3.63) is 16.5 Å². The summed E-state index contributed by atoms with van der Waals surface area (Å²) < 4.78 is 6.33. The second kappa shape index (κ2) is 8.52. The Labute approximate surface area is 168 Å². The van der Waals surface area contributed by atoms with E-state index in [1.807, 2.05) is 4.90 Å². The van der Waals surface area contributed by atoms with E-state index in [1.54, 1.807) is 11.3 Å². The van der Waals surface area contributed by atoms with Crippen LogP contribution in [0.5, 0.6) is 5.06 Å². The van der Waals surface area contributed by atoms with Gasteiger partial charge < -0.3 is 14.5 Å². The number of rotatable bonds is 5. The van der Waals surface area contributed by atoms with Gasteiger partial charge in [-0.2, -0.15) is 0 Å². The molecule has 152 valence electrons. The van der Waals surface area contributed by atoms with E-state index in [0.717, 1.165) is 56.4 Å². The van der Waals surface area contributed by atoms with Gasteiger partial charge >= 0.3 is 0 Å². The molecule has 2 aliphatic heterocycles. The Balaban J connectivity index is 1.52. The van der Waals surface area contributed by atoms with E-state index in [0.29, 0.717) is 12.5 Å². The molecule has 3 rings (SSSR count). The lowest BCUT2D eigenvalue weighted by atomic mass is 9.91. The predicted octanol–water partition coefficient (Wildman–Crippen LogP) is 4.57. The van der Waals surface area contributed by atoms with Crippen LogP contribution in [0.1, 0.15) is 64.3 Å². The van der Waals surface area contributed by atoms with Crippen LogP contribution < -0.4 is 4.74 Å². The topological polar surface area (TPSA) is 32.8 Å². The number of carbonyl (C=O) groups excluding carboxylic acids is 1. The van der Waals surface area contributed by atoms with Crippen molar-refractivity contribution in [1.82, 2.24) is 9.80 Å². The van der Waals surface area contributed by atoms with Crippen LogP contribution in [0, 0.1) is 11.3 Å². The van der Waals surface area contributed by atoms with Gasteiger partial charge in [0.05, 0.1) is 6.54 Å². The number of hydrogen-bond acceptors (Lipinski definition) is 4. The minimum absolute atomic E-state index is 0.0471. The molecule has 2 aliphatic rings. The fourth-order valence-corrected chi connectivity index (χ4v) is 5.16. The van der Waals surface area contributed by atoms with Crippen LogP contribution in [0.25, 0.3) is 0 Å². The van der Waals surface area contributed by atoms with E-state index in [2.05, 4.69) is 45.6 Å². The lowest BCUT2D eigenvalue weighted by molar-refractivity contribution is -0.133. The van der Waals surface area contributed by atoms with Crippen LogP contribution in [-0.2, 0) is 17.8 Å². The van der Waals surface area contributed by atoms with Crippen molar-refractivity contribution in [2.45, 2.75) is 73.0 Å². The zero-order valence-electron chi connectivity index (χ0n) is 17.7. The van der Waals surface area contributed by atoms with E-state index in [-0.39, 0.29) is 11.3 Å². The molecule has 0 radical (unpaired) electrons. The van der Waals surface area contributed by atoms with Gasteiger partial charge in [-0.05, 0) is 42.2 Å². The Morgan fingerprint density at radius 2 is 1.96 bits per heavy atom. The molecule has 3 heterocycles. The molecule has 0 aliphatic carbocycles. The predicted molar refractivity (Wildman–Crippen MR) is 112 cm³/mol. The lowest BCUT2D eigenvalue weighted by Crippen LogP contribution is -2.39. The third-order valence-electron chi connectivity index (χ3n) is 5.33. The second-order valence-corrected chi connectivity index (χ2v) is 10.9. The van der Waals surface area contributed by atoms with E-state index in [1.165, 1.54) is 17.0 Å². The number of piperidine rings is 1. The molecule has 27 heavy (non-hydrogen) atoms. The summed E-state index contributed by atoms with van der Waals surface area (Å²) in [5, 5.41) is 1.05. The van der Waals surface area contributed by atoms with Crippen molar-refractivity contribution in [3.63, 3.8) is 0 Å². The fourth-order valence-electron chi connectivity index (χ4n) is 4.02. The number of amides is 1. The summed E-state index contributed by atoms with van der Waals surface area (Å²) in [6, 6.07) is 2.23. The van der Waals surface area contributed by atoms with Gasteiger partial charge in [-0.1, -0.05) is 34.6 Å². The van der Waals surface area contributed by atoms with Gasteiger partial charge in [0.25, 0.3) is 0 Å². The van der Waals surface area contributed by atoms with E-state index < -0.39 is 0 Å². The summed E-state index contributed by atoms with van der Waals surface area (Å²) in [4.78, 5) is 18.4. The first kappa shape index (κ1) is 20.7. The van der Waals surface area contributed by atoms with Gasteiger partial charge in [-0.25, -0.2) is 0 Å². The van der Waals surface area contributed by atoms with Crippen molar-refractivity contribution in [2.75, 3.05) is 26.2 Å². The maximum atomic E-state index is 12.5. The number of likely N-dealkylation sites (tertiary alicyclic amines) is 1. The first-order chi connectivity index (χ1) is 12.7. The molecule has 1 aromatic heterocycles. The minimum Gasteiger partial charge on any atom is -0.481 e. The molecule has 1 saturated heterocycles. The maximum Gasteiger partial charge on any atom is 0.223 e. The summed E-state index contributed by atoms with van der Waals surface area (Å²) in [6.07, 6.45) is 4.15. The maximum absolute atomic E-state index is 12.5. The van der Waals surface area contributed by atoms with Gasteiger partial charge in [0.2, 0.25) is 5.91 Å². The molecule has 0 saturated carbocycles. The number of thiophene rings is 1. The van der Waals surface area contributed by atoms with Gasteiger partial charge in [0.1, 0.15) is 6.10 Å². The zero-order chi connectivity index (χ0) is 19.6. The summed E-state index contributed by atoms with van der Waals surface area (Å²) in [6.45, 7) is 16.0. The van der Waals surface area contributed by atoms with E-state index in [9.17, 15) is 4.79 Å². The van der Waals surface area contributed by atoms with Crippen LogP contribution in [0.3, 0.4) is 0 Å². The quantitative estimate of drug-likeness (QED) is 0.736. The molecular formula is C22H36N2O2S. The molecule has 0 spiro atoms. The van der Waals surface area contributed by atoms with Gasteiger partial charge in [0, 0.05) is 37.5 Å². The fraction of sp³-hybridized carbons (Fsp3) is 0.773. The Morgan fingerprint density at radius 3 is 2.59 bits per heavy atom. The highest BCUT2D eigenvalue weighted by atomic mass is 32.1. The molecule has 0 N–H and O–H groups in total. The van der Waals surface area contributed by atoms with Crippen molar-refractivity contribution in [1.29, 1.82) is 0 Å². The smallest absolute Gasteiger partial charge is 0.223 e. The Hall–Kier alpha value is -1.07. The van der Waals surface area contributed by atoms with Crippen LogP contribution in [0.4, 0.5) is 0 Å². The highest BCUT2D eigenvalue weighted by molar-refractivity contribution is 7.14. The summed E-state index contributed by atoms with van der Waals surface area (Å²) >= 11 is 1.75. The third-order valence-corrected chi connectivity index (χ3v) is 6.39. The molecule has 0 atom stereocenters. The normalized spacial score (nSPS) is 19.4. The second-order valence-electron chi connectivity index (χ2n) is 9.83. The number of carbonyl (C=O) groups is 1. The Kier molecular flexibility index (Phi) is 6.52. The first-order valence-electron chi connectivity index (χ1n) is 10.5. The number of fused-ring (bicyclic) bond motifs is 1. The molecule has 1 amide bonds. The zero-order valence-corrected chi connectivity index (χ0v) is 18.5. The summed E-state index contributed by atoms with van der Waals surface area (Å²) in [7, 11) is 0. The number of nitrogens with zero attached hydrogens (tertiary/aromatic N) is 2. The van der Waals surface area contributed by atoms with E-state index >= 15 is 0 Å². The van der Waals surface area contributed by atoms with Crippen LogP contribution in [0.15, 0.2) is 6.07 Å². The van der Waals surface area contributed by atoms with Gasteiger partial charge in [-0.3, -0.25) is 4.79 Å². The Morgan fingerprint density at radius 1 is 1.26 bits per heavy atom. The summed E-state index contributed by atoms with van der Waals surface area (Å²) in [5.74, 6) is 1.01. The largest absolute Gasteiger partial charge is 0.481 e. The molecule has 0 bridgehead atoms. The highest BCUT2D eigenvalue weighted by Crippen LogP contribution is 2.35. The van der Waals surface area contributed by atoms with Crippen LogP contribution >= 0.6 is 11.3 Å². The van der Waals surface area contributed by atoms with Crippen molar-refractivity contribution in [2.24, 2.45) is 11.3 Å². The SMILES string of the molecule is CC(C)CN1CCC(Oc2cc3c(s2)CN(C(=O)CC(C)(C)C)CC3)CC1. The monoisotopic (exact) mass is 392 g/mol. The average molecular weight is 393 g/mol.